The summed E-state index contributed by atoms with van der Waals surface area (Å²) < 4.78 is 26.8. The van der Waals surface area contributed by atoms with Crippen molar-refractivity contribution in [2.45, 2.75) is 56.3 Å². The number of rotatable bonds is 7. The summed E-state index contributed by atoms with van der Waals surface area (Å²) >= 11 is 0. The Morgan fingerprint density at radius 1 is 1.17 bits per heavy atom. The van der Waals surface area contributed by atoms with Crippen molar-refractivity contribution in [1.29, 1.82) is 0 Å². The Labute approximate surface area is 172 Å². The molecule has 0 atom stereocenters. The third-order valence-electron chi connectivity index (χ3n) is 5.43. The first-order valence-electron chi connectivity index (χ1n) is 10.2. The number of allylic oxidation sites excluding steroid dienone is 1. The molecule has 1 aromatic rings. The van der Waals surface area contributed by atoms with Gasteiger partial charge in [0.2, 0.25) is 21.8 Å². The predicted octanol–water partition coefficient (Wildman–Crippen LogP) is 2.59. The number of carbonyl (C=O) groups excluding carboxylic acids is 2. The first-order valence-corrected chi connectivity index (χ1v) is 11.6. The average Bonchev–Trinajstić information content (AvgIpc) is 2.88. The minimum Gasteiger partial charge on any atom is -0.355 e. The second kappa shape index (κ2) is 9.54. The Morgan fingerprint density at radius 2 is 2.00 bits per heavy atom. The molecule has 2 aliphatic rings. The van der Waals surface area contributed by atoms with E-state index < -0.39 is 10.0 Å². The summed E-state index contributed by atoms with van der Waals surface area (Å²) in [6, 6.07) is 4.70. The zero-order chi connectivity index (χ0) is 20.9. The molecule has 158 valence electrons. The molecule has 0 saturated carbocycles. The van der Waals surface area contributed by atoms with E-state index in [1.807, 2.05) is 0 Å². The highest BCUT2D eigenvalue weighted by atomic mass is 32.2. The molecule has 2 N–H and O–H groups in total. The normalized spacial score (nSPS) is 17.2. The quantitative estimate of drug-likeness (QED) is 0.664. The Morgan fingerprint density at radius 3 is 2.76 bits per heavy atom. The minimum atomic E-state index is -3.79. The maximum absolute atomic E-state index is 12.9. The van der Waals surface area contributed by atoms with Gasteiger partial charge >= 0.3 is 0 Å². The van der Waals surface area contributed by atoms with Crippen LogP contribution in [-0.4, -0.2) is 44.7 Å². The molecule has 1 aliphatic carbocycles. The summed E-state index contributed by atoms with van der Waals surface area (Å²) in [6.07, 6.45) is 9.42. The molecular weight excluding hydrogens is 390 g/mol. The van der Waals surface area contributed by atoms with Gasteiger partial charge in [0.05, 0.1) is 11.4 Å². The van der Waals surface area contributed by atoms with Crippen LogP contribution in [0.1, 0.15) is 50.5 Å². The summed E-state index contributed by atoms with van der Waals surface area (Å²) in [5, 5.41) is 5.61. The maximum Gasteiger partial charge on any atom is 0.243 e. The van der Waals surface area contributed by atoms with E-state index in [1.54, 1.807) is 12.1 Å². The highest BCUT2D eigenvalue weighted by Crippen LogP contribution is 2.26. The van der Waals surface area contributed by atoms with Gasteiger partial charge in [-0.3, -0.25) is 9.59 Å². The first kappa shape index (κ1) is 21.5. The molecule has 1 aromatic carbocycles. The van der Waals surface area contributed by atoms with Crippen LogP contribution in [0, 0.1) is 0 Å². The number of aryl methyl sites for hydroxylation is 1. The molecule has 2 amide bonds. The van der Waals surface area contributed by atoms with E-state index in [2.05, 4.69) is 16.7 Å². The lowest BCUT2D eigenvalue weighted by Crippen LogP contribution is -2.38. The van der Waals surface area contributed by atoms with Crippen LogP contribution in [0.3, 0.4) is 0 Å². The van der Waals surface area contributed by atoms with E-state index in [1.165, 1.54) is 31.5 Å². The van der Waals surface area contributed by atoms with Gasteiger partial charge in [-0.2, -0.15) is 4.31 Å². The number of carbonyl (C=O) groups is 2. The van der Waals surface area contributed by atoms with Gasteiger partial charge in [0.25, 0.3) is 0 Å². The van der Waals surface area contributed by atoms with Crippen molar-refractivity contribution < 1.29 is 18.0 Å². The van der Waals surface area contributed by atoms with E-state index >= 15 is 0 Å². The molecule has 0 radical (unpaired) electrons. The van der Waals surface area contributed by atoms with Crippen LogP contribution in [0.15, 0.2) is 34.7 Å². The second-order valence-electron chi connectivity index (χ2n) is 7.69. The molecule has 0 saturated heterocycles. The van der Waals surface area contributed by atoms with E-state index in [9.17, 15) is 18.0 Å². The molecular formula is C21H29N3O4S. The smallest absolute Gasteiger partial charge is 0.243 e. The Bertz CT molecular complexity index is 909. The van der Waals surface area contributed by atoms with Gasteiger partial charge < -0.3 is 10.6 Å². The van der Waals surface area contributed by atoms with Crippen molar-refractivity contribution in [2.75, 3.05) is 25.5 Å². The van der Waals surface area contributed by atoms with E-state index in [-0.39, 0.29) is 23.3 Å². The fraction of sp³-hybridized carbons (Fsp3) is 0.524. The second-order valence-corrected chi connectivity index (χ2v) is 9.73. The lowest BCUT2D eigenvalue weighted by molar-refractivity contribution is -0.121. The SMILES string of the molecule is CN(CC(=O)NCCC1=CCCCC1)S(=O)(=O)c1ccc2c(c1)CCCC(=O)N2. The summed E-state index contributed by atoms with van der Waals surface area (Å²) in [5.74, 6) is -0.369. The van der Waals surface area contributed by atoms with Crippen LogP contribution in [0.2, 0.25) is 0 Å². The number of nitrogens with one attached hydrogen (secondary N) is 2. The van der Waals surface area contributed by atoms with Gasteiger partial charge in [-0.1, -0.05) is 11.6 Å². The van der Waals surface area contributed by atoms with Gasteiger partial charge in [-0.25, -0.2) is 8.42 Å². The van der Waals surface area contributed by atoms with Gasteiger partial charge in [0.15, 0.2) is 0 Å². The first-order chi connectivity index (χ1) is 13.9. The number of sulfonamides is 1. The van der Waals surface area contributed by atoms with Crippen molar-refractivity contribution in [3.8, 4) is 0 Å². The molecule has 0 fully saturated rings. The average molecular weight is 420 g/mol. The van der Waals surface area contributed by atoms with Crippen LogP contribution in [-0.2, 0) is 26.0 Å². The maximum atomic E-state index is 12.9. The van der Waals surface area contributed by atoms with Crippen molar-refractivity contribution in [1.82, 2.24) is 9.62 Å². The van der Waals surface area contributed by atoms with Crippen molar-refractivity contribution >= 4 is 27.5 Å². The molecule has 3 rings (SSSR count). The summed E-state index contributed by atoms with van der Waals surface area (Å²) in [5.41, 5.74) is 2.83. The van der Waals surface area contributed by atoms with Crippen molar-refractivity contribution in [3.63, 3.8) is 0 Å². The number of hydrogen-bond acceptors (Lipinski definition) is 4. The third-order valence-corrected chi connectivity index (χ3v) is 7.23. The standard InChI is InChI=1S/C21H29N3O4S/c1-24(15-21(26)22-13-12-16-6-3-2-4-7-16)29(27,28)18-10-11-19-17(14-18)8-5-9-20(25)23-19/h6,10-11,14H,2-5,7-9,12-13,15H2,1H3,(H,22,26)(H,23,25). The number of amides is 2. The van der Waals surface area contributed by atoms with Gasteiger partial charge in [0, 0.05) is 25.7 Å². The highest BCUT2D eigenvalue weighted by Gasteiger charge is 2.24. The summed E-state index contributed by atoms with van der Waals surface area (Å²) in [4.78, 5) is 24.0. The third kappa shape index (κ3) is 5.67. The zero-order valence-electron chi connectivity index (χ0n) is 16.9. The molecule has 0 unspecified atom stereocenters. The van der Waals surface area contributed by atoms with E-state index in [4.69, 9.17) is 0 Å². The molecule has 0 aromatic heterocycles. The molecule has 29 heavy (non-hydrogen) atoms. The van der Waals surface area contributed by atoms with Crippen molar-refractivity contribution in [3.05, 3.63) is 35.4 Å². The largest absolute Gasteiger partial charge is 0.355 e. The lowest BCUT2D eigenvalue weighted by atomic mass is 9.97. The summed E-state index contributed by atoms with van der Waals surface area (Å²) in [7, 11) is -2.38. The van der Waals surface area contributed by atoms with Gasteiger partial charge in [-0.05, 0) is 68.7 Å². The van der Waals surface area contributed by atoms with Gasteiger partial charge in [0.1, 0.15) is 0 Å². The molecule has 8 heteroatoms. The highest BCUT2D eigenvalue weighted by molar-refractivity contribution is 7.89. The Kier molecular flexibility index (Phi) is 7.08. The van der Waals surface area contributed by atoms with Crippen LogP contribution < -0.4 is 10.6 Å². The van der Waals surface area contributed by atoms with E-state index in [0.717, 1.165) is 29.1 Å². The fourth-order valence-electron chi connectivity index (χ4n) is 3.73. The molecule has 1 aliphatic heterocycles. The number of anilines is 1. The lowest BCUT2D eigenvalue weighted by Gasteiger charge is -2.18. The van der Waals surface area contributed by atoms with Gasteiger partial charge in [-0.15, -0.1) is 0 Å². The van der Waals surface area contributed by atoms with Crippen LogP contribution in [0.4, 0.5) is 5.69 Å². The number of nitrogens with zero attached hydrogens (tertiary/aromatic N) is 1. The van der Waals surface area contributed by atoms with Crippen LogP contribution >= 0.6 is 0 Å². The number of fused-ring (bicyclic) bond motifs is 1. The number of benzene rings is 1. The molecule has 0 bridgehead atoms. The monoisotopic (exact) mass is 419 g/mol. The van der Waals surface area contributed by atoms with Crippen LogP contribution in [0.25, 0.3) is 0 Å². The number of likely N-dealkylation sites (N-methyl/N-ethyl adjacent to an activating group) is 1. The number of hydrogen-bond donors (Lipinski definition) is 2. The zero-order valence-corrected chi connectivity index (χ0v) is 17.7. The molecule has 1 heterocycles. The Hall–Kier alpha value is -2.19. The Balaban J connectivity index is 1.58. The molecule has 0 spiro atoms. The fourth-order valence-corrected chi connectivity index (χ4v) is 4.91. The predicted molar refractivity (Wildman–Crippen MR) is 112 cm³/mol. The van der Waals surface area contributed by atoms with Crippen molar-refractivity contribution in [2.24, 2.45) is 0 Å². The summed E-state index contributed by atoms with van der Waals surface area (Å²) in [6.45, 7) is 0.298. The molecule has 7 nitrogen and oxygen atoms in total. The van der Waals surface area contributed by atoms with Crippen LogP contribution in [0.5, 0.6) is 0 Å². The van der Waals surface area contributed by atoms with E-state index in [0.29, 0.717) is 31.5 Å². The topological polar surface area (TPSA) is 95.6 Å². The minimum absolute atomic E-state index is 0.0582.